The van der Waals surface area contributed by atoms with E-state index in [0.717, 1.165) is 16.7 Å². The molecule has 0 bridgehead atoms. The number of carbonyl (C=O) groups is 2. The number of hydrogen-bond acceptors (Lipinski definition) is 4. The van der Waals surface area contributed by atoms with E-state index >= 15 is 0 Å². The molecule has 0 aromatic heterocycles. The zero-order valence-electron chi connectivity index (χ0n) is 17.1. The summed E-state index contributed by atoms with van der Waals surface area (Å²) >= 11 is 0. The Hall–Kier alpha value is -3.60. The molecule has 5 nitrogen and oxygen atoms in total. The minimum Gasteiger partial charge on any atom is -0.497 e. The fourth-order valence-electron chi connectivity index (χ4n) is 3.41. The lowest BCUT2D eigenvalue weighted by atomic mass is 9.90. The highest BCUT2D eigenvalue weighted by molar-refractivity contribution is 5.91. The Morgan fingerprint density at radius 1 is 0.833 bits per heavy atom. The van der Waals surface area contributed by atoms with Crippen LogP contribution in [0.5, 0.6) is 5.75 Å². The third-order valence-corrected chi connectivity index (χ3v) is 4.90. The molecule has 3 aromatic carbocycles. The second-order valence-corrected chi connectivity index (χ2v) is 6.89. The molecule has 1 atom stereocenters. The molecule has 1 N–H and O–H groups in total. The third kappa shape index (κ3) is 5.26. The van der Waals surface area contributed by atoms with Gasteiger partial charge >= 0.3 is 5.97 Å². The monoisotopic (exact) mass is 403 g/mol. The molecule has 0 saturated heterocycles. The van der Waals surface area contributed by atoms with Gasteiger partial charge in [-0.15, -0.1) is 0 Å². The van der Waals surface area contributed by atoms with E-state index in [1.807, 2.05) is 84.9 Å². The van der Waals surface area contributed by atoms with Gasteiger partial charge < -0.3 is 14.8 Å². The van der Waals surface area contributed by atoms with Gasteiger partial charge in [0.15, 0.2) is 0 Å². The van der Waals surface area contributed by atoms with Gasteiger partial charge in [-0.25, -0.2) is 4.79 Å². The van der Waals surface area contributed by atoms with Crippen molar-refractivity contribution in [3.63, 3.8) is 0 Å². The Morgan fingerprint density at radius 3 is 1.97 bits per heavy atom. The fraction of sp³-hybridized carbons (Fsp3) is 0.200. The standard InChI is InChI=1S/C25H25NO4/c1-29-21-15-9-10-18(16-21)17-22(25(28)30-2)26-24(27)23(19-11-5-3-6-12-19)20-13-7-4-8-14-20/h3-16,22-23H,17H2,1-2H3,(H,26,27)/t22-/m1/s1. The van der Waals surface area contributed by atoms with Gasteiger partial charge in [0.25, 0.3) is 0 Å². The molecule has 0 unspecified atom stereocenters. The maximum absolute atomic E-state index is 13.3. The highest BCUT2D eigenvalue weighted by Gasteiger charge is 2.28. The molecule has 0 fully saturated rings. The summed E-state index contributed by atoms with van der Waals surface area (Å²) in [6.07, 6.45) is 0.298. The van der Waals surface area contributed by atoms with Crippen LogP contribution in [-0.2, 0) is 20.7 Å². The van der Waals surface area contributed by atoms with Crippen LogP contribution in [0.25, 0.3) is 0 Å². The summed E-state index contributed by atoms with van der Waals surface area (Å²) in [5, 5.41) is 2.90. The number of rotatable bonds is 8. The van der Waals surface area contributed by atoms with Crippen molar-refractivity contribution in [1.82, 2.24) is 5.32 Å². The molecule has 0 spiro atoms. The third-order valence-electron chi connectivity index (χ3n) is 4.90. The molecular formula is C25H25NO4. The molecule has 0 aliphatic rings. The average molecular weight is 403 g/mol. The number of carbonyl (C=O) groups excluding carboxylic acids is 2. The van der Waals surface area contributed by atoms with Crippen molar-refractivity contribution in [2.75, 3.05) is 14.2 Å². The van der Waals surface area contributed by atoms with Crippen LogP contribution < -0.4 is 10.1 Å². The number of hydrogen-bond donors (Lipinski definition) is 1. The quantitative estimate of drug-likeness (QED) is 0.582. The Morgan fingerprint density at radius 2 is 1.43 bits per heavy atom. The van der Waals surface area contributed by atoms with Crippen LogP contribution in [0.4, 0.5) is 0 Å². The second-order valence-electron chi connectivity index (χ2n) is 6.89. The molecule has 1 amide bonds. The molecule has 0 heterocycles. The van der Waals surface area contributed by atoms with E-state index < -0.39 is 17.9 Å². The van der Waals surface area contributed by atoms with Crippen molar-refractivity contribution >= 4 is 11.9 Å². The second kappa shape index (κ2) is 10.3. The summed E-state index contributed by atoms with van der Waals surface area (Å²) in [5.41, 5.74) is 2.57. The van der Waals surface area contributed by atoms with Crippen molar-refractivity contribution in [1.29, 1.82) is 0 Å². The van der Waals surface area contributed by atoms with Crippen LogP contribution in [0.1, 0.15) is 22.6 Å². The normalized spacial score (nSPS) is 11.6. The molecule has 154 valence electrons. The van der Waals surface area contributed by atoms with Crippen LogP contribution in [0.3, 0.4) is 0 Å². The van der Waals surface area contributed by atoms with E-state index in [1.54, 1.807) is 7.11 Å². The lowest BCUT2D eigenvalue weighted by molar-refractivity contribution is -0.145. The summed E-state index contributed by atoms with van der Waals surface area (Å²) in [7, 11) is 2.90. The predicted octanol–water partition coefficient (Wildman–Crippen LogP) is 3.73. The number of methoxy groups -OCH3 is 2. The lowest BCUT2D eigenvalue weighted by Gasteiger charge is -2.22. The van der Waals surface area contributed by atoms with Crippen LogP contribution in [0, 0.1) is 0 Å². The predicted molar refractivity (Wildman–Crippen MR) is 115 cm³/mol. The smallest absolute Gasteiger partial charge is 0.328 e. The molecule has 3 aromatic rings. The number of benzene rings is 3. The van der Waals surface area contributed by atoms with Crippen molar-refractivity contribution in [3.05, 3.63) is 102 Å². The van der Waals surface area contributed by atoms with Crippen molar-refractivity contribution < 1.29 is 19.1 Å². The first-order valence-electron chi connectivity index (χ1n) is 9.73. The van der Waals surface area contributed by atoms with Crippen LogP contribution in [0.2, 0.25) is 0 Å². The Bertz CT molecular complexity index is 933. The van der Waals surface area contributed by atoms with E-state index in [1.165, 1.54) is 7.11 Å². The van der Waals surface area contributed by atoms with Gasteiger partial charge in [0, 0.05) is 6.42 Å². The van der Waals surface area contributed by atoms with Crippen molar-refractivity contribution in [3.8, 4) is 5.75 Å². The number of nitrogens with one attached hydrogen (secondary N) is 1. The zero-order chi connectivity index (χ0) is 21.3. The topological polar surface area (TPSA) is 64.6 Å². The van der Waals surface area contributed by atoms with Crippen LogP contribution >= 0.6 is 0 Å². The minimum atomic E-state index is -0.815. The SMILES string of the molecule is COC(=O)[C@@H](Cc1cccc(OC)c1)NC(=O)C(c1ccccc1)c1ccccc1. The number of esters is 1. The van der Waals surface area contributed by atoms with E-state index in [0.29, 0.717) is 12.2 Å². The molecule has 0 aliphatic heterocycles. The molecule has 0 aliphatic carbocycles. The maximum Gasteiger partial charge on any atom is 0.328 e. The summed E-state index contributed by atoms with van der Waals surface area (Å²) in [6.45, 7) is 0. The van der Waals surface area contributed by atoms with Gasteiger partial charge in [-0.3, -0.25) is 4.79 Å². The van der Waals surface area contributed by atoms with Gasteiger partial charge in [0.1, 0.15) is 11.8 Å². The first-order chi connectivity index (χ1) is 14.6. The summed E-state index contributed by atoms with van der Waals surface area (Å²) < 4.78 is 10.2. The van der Waals surface area contributed by atoms with E-state index in [9.17, 15) is 9.59 Å². The van der Waals surface area contributed by atoms with Gasteiger partial charge in [0.2, 0.25) is 5.91 Å². The van der Waals surface area contributed by atoms with Gasteiger partial charge in [-0.2, -0.15) is 0 Å². The van der Waals surface area contributed by atoms with Gasteiger partial charge in [0.05, 0.1) is 20.1 Å². The van der Waals surface area contributed by atoms with E-state index in [2.05, 4.69) is 5.32 Å². The minimum absolute atomic E-state index is 0.259. The first-order valence-corrected chi connectivity index (χ1v) is 9.73. The van der Waals surface area contributed by atoms with Crippen molar-refractivity contribution in [2.24, 2.45) is 0 Å². The largest absolute Gasteiger partial charge is 0.497 e. The molecular weight excluding hydrogens is 378 g/mol. The summed E-state index contributed by atoms with van der Waals surface area (Å²) in [6, 6.07) is 25.6. The van der Waals surface area contributed by atoms with Gasteiger partial charge in [-0.1, -0.05) is 72.8 Å². The summed E-state index contributed by atoms with van der Waals surface area (Å²) in [4.78, 5) is 25.8. The van der Waals surface area contributed by atoms with E-state index in [-0.39, 0.29) is 5.91 Å². The number of ether oxygens (including phenoxy) is 2. The van der Waals surface area contributed by atoms with Crippen LogP contribution in [0.15, 0.2) is 84.9 Å². The maximum atomic E-state index is 13.3. The molecule has 30 heavy (non-hydrogen) atoms. The van der Waals surface area contributed by atoms with Crippen molar-refractivity contribution in [2.45, 2.75) is 18.4 Å². The molecule has 5 heteroatoms. The molecule has 3 rings (SSSR count). The highest BCUT2D eigenvalue weighted by Crippen LogP contribution is 2.25. The average Bonchev–Trinajstić information content (AvgIpc) is 2.80. The zero-order valence-corrected chi connectivity index (χ0v) is 17.1. The van der Waals surface area contributed by atoms with E-state index in [4.69, 9.17) is 9.47 Å². The Labute approximate surface area is 176 Å². The Kier molecular flexibility index (Phi) is 7.22. The Balaban J connectivity index is 1.87. The lowest BCUT2D eigenvalue weighted by Crippen LogP contribution is -2.45. The van der Waals surface area contributed by atoms with Gasteiger partial charge in [-0.05, 0) is 28.8 Å². The summed E-state index contributed by atoms with van der Waals surface area (Å²) in [5.74, 6) is -0.601. The van der Waals surface area contributed by atoms with Crippen LogP contribution in [-0.4, -0.2) is 32.1 Å². The molecule has 0 saturated carbocycles. The number of amides is 1. The fourth-order valence-corrected chi connectivity index (χ4v) is 3.41. The first kappa shape index (κ1) is 21.1. The molecule has 0 radical (unpaired) electrons. The highest BCUT2D eigenvalue weighted by atomic mass is 16.5.